The topological polar surface area (TPSA) is 29.5 Å². The van der Waals surface area contributed by atoms with Crippen molar-refractivity contribution in [2.75, 3.05) is 13.2 Å². The summed E-state index contributed by atoms with van der Waals surface area (Å²) in [5.41, 5.74) is 3.59. The SMILES string of the molecule is O=C1CC[C@]2(CCCO2)CCN1Cc1ccccc1-c1ccccc1. The lowest BCUT2D eigenvalue weighted by molar-refractivity contribution is -0.131. The molecule has 1 atom stereocenters. The smallest absolute Gasteiger partial charge is 0.222 e. The minimum atomic E-state index is -0.0383. The minimum absolute atomic E-state index is 0.0383. The molecule has 2 aromatic carbocycles. The third kappa shape index (κ3) is 3.47. The van der Waals surface area contributed by atoms with Gasteiger partial charge in [0, 0.05) is 26.1 Å². The number of hydrogen-bond acceptors (Lipinski definition) is 2. The molecule has 2 aromatic rings. The fourth-order valence-electron chi connectivity index (χ4n) is 4.16. The molecule has 0 unspecified atom stereocenters. The highest BCUT2D eigenvalue weighted by Crippen LogP contribution is 2.36. The summed E-state index contributed by atoms with van der Waals surface area (Å²) in [4.78, 5) is 14.7. The summed E-state index contributed by atoms with van der Waals surface area (Å²) < 4.78 is 6.02. The fraction of sp³-hybridized carbons (Fsp3) is 0.409. The summed E-state index contributed by atoms with van der Waals surface area (Å²) in [6, 6.07) is 18.8. The Hall–Kier alpha value is -2.13. The van der Waals surface area contributed by atoms with Gasteiger partial charge in [-0.3, -0.25) is 4.79 Å². The average Bonchev–Trinajstić information content (AvgIpc) is 3.07. The molecule has 0 aliphatic carbocycles. The monoisotopic (exact) mass is 335 g/mol. The Morgan fingerprint density at radius 2 is 1.76 bits per heavy atom. The Balaban J connectivity index is 1.55. The van der Waals surface area contributed by atoms with Crippen molar-refractivity contribution >= 4 is 5.91 Å². The van der Waals surface area contributed by atoms with E-state index < -0.39 is 0 Å². The Kier molecular flexibility index (Phi) is 4.58. The molecule has 3 nitrogen and oxygen atoms in total. The van der Waals surface area contributed by atoms with E-state index in [4.69, 9.17) is 4.74 Å². The molecule has 0 N–H and O–H groups in total. The number of hydrogen-bond donors (Lipinski definition) is 0. The molecule has 25 heavy (non-hydrogen) atoms. The number of rotatable bonds is 3. The van der Waals surface area contributed by atoms with Crippen LogP contribution in [0.15, 0.2) is 54.6 Å². The highest BCUT2D eigenvalue weighted by atomic mass is 16.5. The van der Waals surface area contributed by atoms with Gasteiger partial charge in [0.25, 0.3) is 0 Å². The molecule has 0 radical (unpaired) electrons. The number of nitrogens with zero attached hydrogens (tertiary/aromatic N) is 1. The van der Waals surface area contributed by atoms with Gasteiger partial charge >= 0.3 is 0 Å². The Morgan fingerprint density at radius 1 is 0.960 bits per heavy atom. The summed E-state index contributed by atoms with van der Waals surface area (Å²) in [6.45, 7) is 2.33. The van der Waals surface area contributed by atoms with E-state index in [0.29, 0.717) is 13.0 Å². The van der Waals surface area contributed by atoms with Gasteiger partial charge in [0.1, 0.15) is 0 Å². The molecule has 2 aliphatic heterocycles. The second-order valence-electron chi connectivity index (χ2n) is 7.22. The molecular formula is C22H25NO2. The van der Waals surface area contributed by atoms with Gasteiger partial charge < -0.3 is 9.64 Å². The van der Waals surface area contributed by atoms with Crippen LogP contribution in [-0.2, 0) is 16.1 Å². The van der Waals surface area contributed by atoms with Crippen molar-refractivity contribution in [3.8, 4) is 11.1 Å². The Bertz CT molecular complexity index is 735. The van der Waals surface area contributed by atoms with Crippen LogP contribution in [0.1, 0.15) is 37.7 Å². The first-order valence-corrected chi connectivity index (χ1v) is 9.31. The summed E-state index contributed by atoms with van der Waals surface area (Å²) in [7, 11) is 0. The van der Waals surface area contributed by atoms with Crippen molar-refractivity contribution in [1.29, 1.82) is 0 Å². The van der Waals surface area contributed by atoms with Gasteiger partial charge in [-0.05, 0) is 42.4 Å². The van der Waals surface area contributed by atoms with Crippen LogP contribution in [0.4, 0.5) is 0 Å². The number of carbonyl (C=O) groups excluding carboxylic acids is 1. The number of benzene rings is 2. The molecule has 2 fully saturated rings. The third-order valence-corrected chi connectivity index (χ3v) is 5.63. The molecule has 0 bridgehead atoms. The standard InChI is InChI=1S/C22H25NO2/c24-21-11-13-22(12-6-16-25-22)14-15-23(21)17-19-9-4-5-10-20(19)18-7-2-1-3-8-18/h1-5,7-10H,6,11-17H2/t22-/m1/s1. The van der Waals surface area contributed by atoms with Crippen molar-refractivity contribution in [1.82, 2.24) is 4.90 Å². The van der Waals surface area contributed by atoms with E-state index in [0.717, 1.165) is 38.8 Å². The van der Waals surface area contributed by atoms with E-state index in [2.05, 4.69) is 48.5 Å². The van der Waals surface area contributed by atoms with Crippen LogP contribution in [0.25, 0.3) is 11.1 Å². The first kappa shape index (κ1) is 16.3. The van der Waals surface area contributed by atoms with Crippen LogP contribution in [0, 0.1) is 0 Å². The van der Waals surface area contributed by atoms with Crippen LogP contribution in [0.5, 0.6) is 0 Å². The van der Waals surface area contributed by atoms with E-state index in [9.17, 15) is 4.79 Å². The molecule has 0 saturated carbocycles. The lowest BCUT2D eigenvalue weighted by Crippen LogP contribution is -2.32. The maximum Gasteiger partial charge on any atom is 0.222 e. The summed E-state index contributed by atoms with van der Waals surface area (Å²) in [6.07, 6.45) is 4.68. The van der Waals surface area contributed by atoms with Gasteiger partial charge in [0.15, 0.2) is 0 Å². The van der Waals surface area contributed by atoms with Gasteiger partial charge in [0.2, 0.25) is 5.91 Å². The van der Waals surface area contributed by atoms with Gasteiger partial charge in [0.05, 0.1) is 5.60 Å². The van der Waals surface area contributed by atoms with Gasteiger partial charge in [-0.1, -0.05) is 54.6 Å². The molecule has 1 spiro atoms. The molecule has 1 amide bonds. The minimum Gasteiger partial charge on any atom is -0.375 e. The predicted octanol–water partition coefficient (Wildman–Crippen LogP) is 4.42. The van der Waals surface area contributed by atoms with Crippen molar-refractivity contribution in [2.24, 2.45) is 0 Å². The number of amides is 1. The molecule has 2 saturated heterocycles. The number of ether oxygens (including phenoxy) is 1. The molecule has 0 aromatic heterocycles. The zero-order valence-electron chi connectivity index (χ0n) is 14.6. The molecule has 3 heteroatoms. The highest BCUT2D eigenvalue weighted by Gasteiger charge is 2.38. The van der Waals surface area contributed by atoms with E-state index in [1.165, 1.54) is 16.7 Å². The summed E-state index contributed by atoms with van der Waals surface area (Å²) in [5, 5.41) is 0. The van der Waals surface area contributed by atoms with E-state index in [1.807, 2.05) is 11.0 Å². The molecule has 130 valence electrons. The molecule has 2 aliphatic rings. The highest BCUT2D eigenvalue weighted by molar-refractivity contribution is 5.77. The van der Waals surface area contributed by atoms with Gasteiger partial charge in [-0.15, -0.1) is 0 Å². The zero-order chi connectivity index (χ0) is 17.1. The lowest BCUT2D eigenvalue weighted by atomic mass is 9.92. The quantitative estimate of drug-likeness (QED) is 0.831. The van der Waals surface area contributed by atoms with Crippen molar-refractivity contribution in [3.05, 3.63) is 60.2 Å². The van der Waals surface area contributed by atoms with Crippen LogP contribution in [-0.4, -0.2) is 29.6 Å². The second kappa shape index (κ2) is 7.01. The largest absolute Gasteiger partial charge is 0.375 e. The van der Waals surface area contributed by atoms with Crippen LogP contribution < -0.4 is 0 Å². The van der Waals surface area contributed by atoms with Gasteiger partial charge in [-0.25, -0.2) is 0 Å². The number of carbonyl (C=O) groups is 1. The maximum atomic E-state index is 12.7. The van der Waals surface area contributed by atoms with E-state index in [1.54, 1.807) is 0 Å². The predicted molar refractivity (Wildman–Crippen MR) is 99.1 cm³/mol. The van der Waals surface area contributed by atoms with Crippen molar-refractivity contribution in [2.45, 2.75) is 44.2 Å². The first-order valence-electron chi connectivity index (χ1n) is 9.31. The molecule has 2 heterocycles. The summed E-state index contributed by atoms with van der Waals surface area (Å²) in [5.74, 6) is 0.259. The second-order valence-corrected chi connectivity index (χ2v) is 7.22. The molecular weight excluding hydrogens is 310 g/mol. The Labute approximate surface area is 149 Å². The summed E-state index contributed by atoms with van der Waals surface area (Å²) >= 11 is 0. The van der Waals surface area contributed by atoms with E-state index in [-0.39, 0.29) is 11.5 Å². The van der Waals surface area contributed by atoms with Crippen LogP contribution in [0.3, 0.4) is 0 Å². The number of likely N-dealkylation sites (tertiary alicyclic amines) is 1. The first-order chi connectivity index (χ1) is 12.3. The van der Waals surface area contributed by atoms with Crippen molar-refractivity contribution in [3.63, 3.8) is 0 Å². The van der Waals surface area contributed by atoms with Crippen LogP contribution in [0.2, 0.25) is 0 Å². The maximum absolute atomic E-state index is 12.7. The van der Waals surface area contributed by atoms with E-state index >= 15 is 0 Å². The zero-order valence-corrected chi connectivity index (χ0v) is 14.6. The average molecular weight is 335 g/mol. The third-order valence-electron chi connectivity index (χ3n) is 5.63. The van der Waals surface area contributed by atoms with Crippen molar-refractivity contribution < 1.29 is 9.53 Å². The fourth-order valence-corrected chi connectivity index (χ4v) is 4.16. The lowest BCUT2D eigenvalue weighted by Gasteiger charge is -2.27. The van der Waals surface area contributed by atoms with Gasteiger partial charge in [-0.2, -0.15) is 0 Å². The normalized spacial score (nSPS) is 23.8. The Morgan fingerprint density at radius 3 is 2.56 bits per heavy atom. The van der Waals surface area contributed by atoms with Crippen LogP contribution >= 0.6 is 0 Å². The molecule has 4 rings (SSSR count).